The molecule has 2 aromatic carbocycles. The lowest BCUT2D eigenvalue weighted by molar-refractivity contribution is -0.114. The lowest BCUT2D eigenvalue weighted by atomic mass is 10.1. The second-order valence-corrected chi connectivity index (χ2v) is 7.91. The van der Waals surface area contributed by atoms with Gasteiger partial charge in [0.2, 0.25) is 12.0 Å². The third-order valence-corrected chi connectivity index (χ3v) is 5.63. The minimum Gasteiger partial charge on any atom is -0.454 e. The summed E-state index contributed by atoms with van der Waals surface area (Å²) in [5, 5.41) is 16.2. The monoisotopic (exact) mass is 424 g/mol. The van der Waals surface area contributed by atoms with Gasteiger partial charge in [0, 0.05) is 11.4 Å². The highest BCUT2D eigenvalue weighted by atomic mass is 35.5. The molecule has 0 aliphatic carbocycles. The lowest BCUT2D eigenvalue weighted by Gasteiger charge is -2.20. The summed E-state index contributed by atoms with van der Waals surface area (Å²) in [4.78, 5) is 16.6. The Morgan fingerprint density at radius 3 is 2.79 bits per heavy atom. The number of fused-ring (bicyclic) bond motifs is 2. The number of rotatable bonds is 3. The molecule has 3 aliphatic heterocycles. The maximum atomic E-state index is 12.5. The van der Waals surface area contributed by atoms with Gasteiger partial charge in [-0.05, 0) is 53.2 Å². The summed E-state index contributed by atoms with van der Waals surface area (Å²) < 4.78 is 10.7. The molecule has 7 nitrogen and oxygen atoms in total. The Labute approximate surface area is 175 Å². The predicted octanol–water partition coefficient (Wildman–Crippen LogP) is 3.93. The number of nitrogens with one attached hydrogen (secondary N) is 1. The first kappa shape index (κ1) is 18.0. The van der Waals surface area contributed by atoms with Gasteiger partial charge in [0.15, 0.2) is 17.3 Å². The molecule has 0 saturated carbocycles. The van der Waals surface area contributed by atoms with Gasteiger partial charge >= 0.3 is 0 Å². The number of ether oxygens (including phenoxy) is 2. The Balaban J connectivity index is 1.41. The second-order valence-electron chi connectivity index (χ2n) is 6.43. The summed E-state index contributed by atoms with van der Waals surface area (Å²) in [6.07, 6.45) is 2.18. The van der Waals surface area contributed by atoms with E-state index in [1.54, 1.807) is 24.3 Å². The van der Waals surface area contributed by atoms with Crippen LogP contribution < -0.4 is 9.47 Å². The van der Waals surface area contributed by atoms with E-state index < -0.39 is 5.91 Å². The van der Waals surface area contributed by atoms with E-state index >= 15 is 0 Å². The first-order chi connectivity index (χ1) is 14.1. The van der Waals surface area contributed by atoms with E-state index in [9.17, 15) is 4.79 Å². The lowest BCUT2D eigenvalue weighted by Crippen LogP contribution is -2.35. The molecule has 0 fully saturated rings. The summed E-state index contributed by atoms with van der Waals surface area (Å²) in [6, 6.07) is 12.8. The molecular formula is C20H13ClN4O3S. The quantitative estimate of drug-likeness (QED) is 0.754. The van der Waals surface area contributed by atoms with Crippen LogP contribution in [-0.4, -0.2) is 33.8 Å². The number of hydrogen-bond acceptors (Lipinski definition) is 6. The Kier molecular flexibility index (Phi) is 4.37. The van der Waals surface area contributed by atoms with Gasteiger partial charge in [-0.1, -0.05) is 29.8 Å². The van der Waals surface area contributed by atoms with Crippen molar-refractivity contribution in [3.05, 3.63) is 64.2 Å². The molecule has 0 saturated heterocycles. The average Bonchev–Trinajstić information content (AvgIpc) is 3.33. The summed E-state index contributed by atoms with van der Waals surface area (Å²) in [7, 11) is 0. The number of aliphatic imine (C=N–C) groups is 1. The largest absolute Gasteiger partial charge is 0.454 e. The zero-order valence-electron chi connectivity index (χ0n) is 14.9. The fraction of sp³-hybridized carbons (Fsp3) is 0.100. The number of amidine groups is 2. The van der Waals surface area contributed by atoms with E-state index in [-0.39, 0.29) is 18.2 Å². The van der Waals surface area contributed by atoms with Gasteiger partial charge < -0.3 is 9.47 Å². The highest BCUT2D eigenvalue weighted by Crippen LogP contribution is 2.34. The summed E-state index contributed by atoms with van der Waals surface area (Å²) in [6.45, 7) is 0.174. The van der Waals surface area contributed by atoms with Gasteiger partial charge in [0.05, 0.1) is 5.57 Å². The van der Waals surface area contributed by atoms with Crippen LogP contribution in [0, 0.1) is 5.41 Å². The first-order valence-electron chi connectivity index (χ1n) is 8.70. The van der Waals surface area contributed by atoms with Gasteiger partial charge in [-0.2, -0.15) is 15.1 Å². The molecule has 9 heteroatoms. The molecule has 1 amide bonds. The van der Waals surface area contributed by atoms with Crippen LogP contribution >= 0.6 is 23.4 Å². The van der Waals surface area contributed by atoms with Crippen molar-refractivity contribution in [3.8, 4) is 11.5 Å². The van der Waals surface area contributed by atoms with Crippen LogP contribution in [0.4, 0.5) is 0 Å². The number of halogens is 1. The molecule has 3 heterocycles. The van der Waals surface area contributed by atoms with Crippen LogP contribution in [0.3, 0.4) is 0 Å². The highest BCUT2D eigenvalue weighted by Gasteiger charge is 2.35. The topological polar surface area (TPSA) is 87.3 Å². The van der Waals surface area contributed by atoms with Crippen LogP contribution in [-0.2, 0) is 11.2 Å². The number of hydrogen-bond donors (Lipinski definition) is 1. The van der Waals surface area contributed by atoms with Crippen LogP contribution in [0.15, 0.2) is 58.1 Å². The van der Waals surface area contributed by atoms with Crippen molar-refractivity contribution in [2.45, 2.75) is 6.42 Å². The SMILES string of the molecule is N=C1C(=Cc2ccc3c(c2)OCO3)C(=O)N=C2SC(Cc3ccc(Cl)cc3)=NN12. The highest BCUT2D eigenvalue weighted by molar-refractivity contribution is 8.26. The van der Waals surface area contributed by atoms with Crippen molar-refractivity contribution in [1.29, 1.82) is 5.41 Å². The zero-order chi connectivity index (χ0) is 20.0. The number of thioether (sulfide) groups is 1. The van der Waals surface area contributed by atoms with Crippen LogP contribution in [0.2, 0.25) is 5.02 Å². The van der Waals surface area contributed by atoms with Crippen molar-refractivity contribution >= 4 is 51.4 Å². The van der Waals surface area contributed by atoms with Crippen molar-refractivity contribution in [2.75, 3.05) is 6.79 Å². The molecule has 144 valence electrons. The normalized spacial score (nSPS) is 18.8. The summed E-state index contributed by atoms with van der Waals surface area (Å²) in [5.41, 5.74) is 1.93. The molecule has 0 spiro atoms. The fourth-order valence-electron chi connectivity index (χ4n) is 3.05. The predicted molar refractivity (Wildman–Crippen MR) is 113 cm³/mol. The molecule has 29 heavy (non-hydrogen) atoms. The van der Waals surface area contributed by atoms with Gasteiger partial charge in [-0.15, -0.1) is 0 Å². The maximum absolute atomic E-state index is 12.5. The molecule has 3 aliphatic rings. The molecule has 0 atom stereocenters. The Morgan fingerprint density at radius 2 is 1.97 bits per heavy atom. The van der Waals surface area contributed by atoms with Gasteiger partial charge in [-0.3, -0.25) is 10.2 Å². The smallest absolute Gasteiger partial charge is 0.283 e. The van der Waals surface area contributed by atoms with Crippen LogP contribution in [0.1, 0.15) is 11.1 Å². The average molecular weight is 425 g/mol. The number of amides is 1. The molecule has 1 N–H and O–H groups in total. The molecule has 0 aromatic heterocycles. The van der Waals surface area contributed by atoms with Crippen LogP contribution in [0.25, 0.3) is 6.08 Å². The van der Waals surface area contributed by atoms with Crippen molar-refractivity contribution < 1.29 is 14.3 Å². The standard InChI is InChI=1S/C20H13ClN4O3S/c21-13-4-1-11(2-5-13)9-17-24-25-18(22)14(19(26)23-20(25)29-17)7-12-3-6-15-16(8-12)28-10-27-15/h1-8,22H,9-10H2. The molecular weight excluding hydrogens is 412 g/mol. The maximum Gasteiger partial charge on any atom is 0.283 e. The minimum atomic E-state index is -0.464. The first-order valence-corrected chi connectivity index (χ1v) is 9.89. The Hall–Kier alpha value is -3.10. The molecule has 2 aromatic rings. The van der Waals surface area contributed by atoms with Gasteiger partial charge in [0.1, 0.15) is 5.04 Å². The van der Waals surface area contributed by atoms with Crippen molar-refractivity contribution in [1.82, 2.24) is 5.01 Å². The molecule has 0 unspecified atom stereocenters. The van der Waals surface area contributed by atoms with E-state index in [1.807, 2.05) is 24.3 Å². The number of carbonyl (C=O) groups excluding carboxylic acids is 1. The minimum absolute atomic E-state index is 0.00345. The molecule has 0 radical (unpaired) electrons. The Morgan fingerprint density at radius 1 is 1.17 bits per heavy atom. The van der Waals surface area contributed by atoms with Gasteiger partial charge in [0.25, 0.3) is 5.91 Å². The zero-order valence-corrected chi connectivity index (χ0v) is 16.5. The number of nitrogens with zero attached hydrogens (tertiary/aromatic N) is 3. The molecule has 5 rings (SSSR count). The van der Waals surface area contributed by atoms with Crippen molar-refractivity contribution in [2.24, 2.45) is 10.1 Å². The van der Waals surface area contributed by atoms with E-state index in [0.29, 0.717) is 28.1 Å². The second kappa shape index (κ2) is 7.06. The summed E-state index contributed by atoms with van der Waals surface area (Å²) in [5.74, 6) is 0.800. The fourth-order valence-corrected chi connectivity index (χ4v) is 4.09. The third kappa shape index (κ3) is 3.41. The van der Waals surface area contributed by atoms with Gasteiger partial charge in [-0.25, -0.2) is 0 Å². The van der Waals surface area contributed by atoms with E-state index in [2.05, 4.69) is 10.1 Å². The number of carbonyl (C=O) groups is 1. The molecule has 0 bridgehead atoms. The third-order valence-electron chi connectivity index (χ3n) is 4.47. The van der Waals surface area contributed by atoms with E-state index in [1.165, 1.54) is 16.8 Å². The summed E-state index contributed by atoms with van der Waals surface area (Å²) >= 11 is 7.22. The Bertz CT molecular complexity index is 1140. The number of benzene rings is 2. The van der Waals surface area contributed by atoms with E-state index in [4.69, 9.17) is 26.5 Å². The number of hydrazone groups is 1. The van der Waals surface area contributed by atoms with Crippen molar-refractivity contribution in [3.63, 3.8) is 0 Å². The van der Waals surface area contributed by atoms with Crippen LogP contribution in [0.5, 0.6) is 11.5 Å². The van der Waals surface area contributed by atoms with E-state index in [0.717, 1.165) is 16.2 Å².